The van der Waals surface area contributed by atoms with Gasteiger partial charge in [-0.05, 0) is 20.3 Å². The molecule has 0 saturated heterocycles. The highest BCUT2D eigenvalue weighted by Crippen LogP contribution is 2.00. The average molecular weight is 287 g/mol. The van der Waals surface area contributed by atoms with Crippen LogP contribution in [0.4, 0.5) is 4.79 Å². The van der Waals surface area contributed by atoms with Crippen LogP contribution in [0, 0.1) is 0 Å². The van der Waals surface area contributed by atoms with Crippen LogP contribution in [-0.2, 0) is 9.59 Å². The molecule has 0 radical (unpaired) electrons. The highest BCUT2D eigenvalue weighted by Gasteiger charge is 2.18. The fraction of sp³-hybridized carbons (Fsp3) is 0.769. The van der Waals surface area contributed by atoms with E-state index in [-0.39, 0.29) is 24.9 Å². The van der Waals surface area contributed by atoms with Crippen molar-refractivity contribution in [2.24, 2.45) is 0 Å². The van der Waals surface area contributed by atoms with Gasteiger partial charge in [-0.1, -0.05) is 19.8 Å². The van der Waals surface area contributed by atoms with E-state index in [4.69, 9.17) is 5.11 Å². The first-order valence-electron chi connectivity index (χ1n) is 6.93. The quantitative estimate of drug-likeness (QED) is 0.504. The Balaban J connectivity index is 3.96. The van der Waals surface area contributed by atoms with Gasteiger partial charge in [-0.25, -0.2) is 9.59 Å². The lowest BCUT2D eigenvalue weighted by Crippen LogP contribution is -2.46. The van der Waals surface area contributed by atoms with Crippen LogP contribution in [0.2, 0.25) is 0 Å². The zero-order chi connectivity index (χ0) is 15.5. The van der Waals surface area contributed by atoms with E-state index in [0.29, 0.717) is 6.42 Å². The van der Waals surface area contributed by atoms with E-state index in [9.17, 15) is 14.4 Å². The molecule has 0 aromatic carbocycles. The van der Waals surface area contributed by atoms with Gasteiger partial charge in [0.25, 0.3) is 0 Å². The molecule has 0 heterocycles. The predicted molar refractivity (Wildman–Crippen MR) is 75.4 cm³/mol. The summed E-state index contributed by atoms with van der Waals surface area (Å²) in [5.74, 6) is -1.20. The Bertz CT molecular complexity index is 332. The van der Waals surface area contributed by atoms with Gasteiger partial charge in [0.2, 0.25) is 5.91 Å². The van der Waals surface area contributed by atoms with Crippen molar-refractivity contribution in [1.29, 1.82) is 0 Å². The van der Waals surface area contributed by atoms with Crippen molar-refractivity contribution in [1.82, 2.24) is 16.0 Å². The van der Waals surface area contributed by atoms with Crippen LogP contribution in [0.15, 0.2) is 0 Å². The summed E-state index contributed by atoms with van der Waals surface area (Å²) in [5, 5.41) is 16.5. The lowest BCUT2D eigenvalue weighted by molar-refractivity contribution is -0.139. The average Bonchev–Trinajstić information content (AvgIpc) is 2.33. The molecule has 0 aliphatic rings. The summed E-state index contributed by atoms with van der Waals surface area (Å²) in [4.78, 5) is 33.8. The normalized spacial score (nSPS) is 11.8. The van der Waals surface area contributed by atoms with Crippen LogP contribution < -0.4 is 16.0 Å². The summed E-state index contributed by atoms with van der Waals surface area (Å²) in [5.41, 5.74) is 0. The van der Waals surface area contributed by atoms with Crippen molar-refractivity contribution in [2.75, 3.05) is 6.54 Å². The van der Waals surface area contributed by atoms with Crippen molar-refractivity contribution in [2.45, 2.75) is 58.5 Å². The number of hydrogen-bond donors (Lipinski definition) is 4. The number of carboxylic acids is 1. The second kappa shape index (κ2) is 10.1. The number of carboxylic acid groups (broad SMARTS) is 1. The van der Waals surface area contributed by atoms with Crippen LogP contribution in [0.25, 0.3) is 0 Å². The predicted octanol–water partition coefficient (Wildman–Crippen LogP) is 0.844. The minimum absolute atomic E-state index is 0.0572. The third kappa shape index (κ3) is 9.18. The monoisotopic (exact) mass is 287 g/mol. The summed E-state index contributed by atoms with van der Waals surface area (Å²) < 4.78 is 0. The molecule has 0 aliphatic heterocycles. The zero-order valence-corrected chi connectivity index (χ0v) is 12.4. The minimum Gasteiger partial charge on any atom is -0.480 e. The molecule has 7 nitrogen and oxygen atoms in total. The molecule has 0 rings (SSSR count). The van der Waals surface area contributed by atoms with Crippen molar-refractivity contribution < 1.29 is 19.5 Å². The fourth-order valence-corrected chi connectivity index (χ4v) is 1.56. The number of carbonyl (C=O) groups is 3. The molecule has 1 atom stereocenters. The Kier molecular flexibility index (Phi) is 9.15. The van der Waals surface area contributed by atoms with Crippen LogP contribution in [0.5, 0.6) is 0 Å². The van der Waals surface area contributed by atoms with Crippen LogP contribution >= 0.6 is 0 Å². The Morgan fingerprint density at radius 3 is 2.30 bits per heavy atom. The molecule has 0 spiro atoms. The zero-order valence-electron chi connectivity index (χ0n) is 12.4. The van der Waals surface area contributed by atoms with Gasteiger partial charge in [0.05, 0.1) is 0 Å². The molecule has 0 unspecified atom stereocenters. The topological polar surface area (TPSA) is 108 Å². The molecule has 0 aromatic rings. The molecule has 116 valence electrons. The molecular weight excluding hydrogens is 262 g/mol. The second-order valence-corrected chi connectivity index (χ2v) is 4.91. The van der Waals surface area contributed by atoms with Crippen molar-refractivity contribution in [3.05, 3.63) is 0 Å². The van der Waals surface area contributed by atoms with Crippen molar-refractivity contribution in [3.63, 3.8) is 0 Å². The summed E-state index contributed by atoms with van der Waals surface area (Å²) >= 11 is 0. The molecule has 3 amide bonds. The van der Waals surface area contributed by atoms with E-state index in [1.807, 2.05) is 20.8 Å². The maximum atomic E-state index is 11.5. The Morgan fingerprint density at radius 1 is 1.15 bits per heavy atom. The Morgan fingerprint density at radius 2 is 1.80 bits per heavy atom. The first-order valence-corrected chi connectivity index (χ1v) is 6.93. The largest absolute Gasteiger partial charge is 0.480 e. The van der Waals surface area contributed by atoms with E-state index in [1.165, 1.54) is 0 Å². The number of nitrogens with one attached hydrogen (secondary N) is 3. The first-order chi connectivity index (χ1) is 9.36. The van der Waals surface area contributed by atoms with Crippen LogP contribution in [-0.4, -0.2) is 41.6 Å². The van der Waals surface area contributed by atoms with E-state index < -0.39 is 18.0 Å². The van der Waals surface area contributed by atoms with E-state index >= 15 is 0 Å². The number of rotatable bonds is 9. The van der Waals surface area contributed by atoms with E-state index in [0.717, 1.165) is 12.8 Å². The Hall–Kier alpha value is -1.79. The van der Waals surface area contributed by atoms with Gasteiger partial charge in [0.15, 0.2) is 0 Å². The smallest absolute Gasteiger partial charge is 0.326 e. The third-order valence-corrected chi connectivity index (χ3v) is 2.54. The van der Waals surface area contributed by atoms with Gasteiger partial charge in [0, 0.05) is 19.0 Å². The number of carbonyl (C=O) groups excluding carboxylic acids is 2. The highest BCUT2D eigenvalue weighted by molar-refractivity contribution is 5.83. The second-order valence-electron chi connectivity index (χ2n) is 4.91. The lowest BCUT2D eigenvalue weighted by atomic mass is 10.1. The molecule has 0 bridgehead atoms. The molecule has 0 aromatic heterocycles. The maximum absolute atomic E-state index is 11.5. The van der Waals surface area contributed by atoms with E-state index in [2.05, 4.69) is 16.0 Å². The van der Waals surface area contributed by atoms with E-state index in [1.54, 1.807) is 0 Å². The standard InChI is InChI=1S/C13H25N3O4/c1-4-5-6-10(12(18)19)16-13(20)14-8-7-11(17)15-9(2)3/h9-10H,4-8H2,1-3H3,(H,15,17)(H,18,19)(H2,14,16,20)/t10-/m0/s1. The van der Waals surface area contributed by atoms with Gasteiger partial charge in [-0.3, -0.25) is 4.79 Å². The van der Waals surface area contributed by atoms with Gasteiger partial charge in [0.1, 0.15) is 6.04 Å². The van der Waals surface area contributed by atoms with Gasteiger partial charge in [-0.2, -0.15) is 0 Å². The fourth-order valence-electron chi connectivity index (χ4n) is 1.56. The maximum Gasteiger partial charge on any atom is 0.326 e. The Labute approximate surface area is 119 Å². The summed E-state index contributed by atoms with van der Waals surface area (Å²) in [7, 11) is 0. The highest BCUT2D eigenvalue weighted by atomic mass is 16.4. The molecule has 0 aliphatic carbocycles. The molecule has 0 saturated carbocycles. The van der Waals surface area contributed by atoms with Crippen LogP contribution in [0.3, 0.4) is 0 Å². The van der Waals surface area contributed by atoms with Gasteiger partial charge >= 0.3 is 12.0 Å². The van der Waals surface area contributed by atoms with Crippen LogP contribution in [0.1, 0.15) is 46.5 Å². The third-order valence-electron chi connectivity index (χ3n) is 2.54. The summed E-state index contributed by atoms with van der Waals surface area (Å²) in [6, 6.07) is -1.40. The molecule has 7 heteroatoms. The number of unbranched alkanes of at least 4 members (excludes halogenated alkanes) is 1. The summed E-state index contributed by atoms with van der Waals surface area (Å²) in [6.07, 6.45) is 2.15. The molecule has 4 N–H and O–H groups in total. The molecular formula is C13H25N3O4. The lowest BCUT2D eigenvalue weighted by Gasteiger charge is -2.15. The van der Waals surface area contributed by atoms with Gasteiger partial charge in [-0.15, -0.1) is 0 Å². The van der Waals surface area contributed by atoms with Crippen molar-refractivity contribution >= 4 is 17.9 Å². The SMILES string of the molecule is CCCC[C@H](NC(=O)NCCC(=O)NC(C)C)C(=O)O. The summed E-state index contributed by atoms with van der Waals surface area (Å²) in [6.45, 7) is 5.82. The first kappa shape index (κ1) is 18.2. The number of hydrogen-bond acceptors (Lipinski definition) is 3. The number of aliphatic carboxylic acids is 1. The minimum atomic E-state index is -1.05. The van der Waals surface area contributed by atoms with Gasteiger partial charge < -0.3 is 21.1 Å². The number of urea groups is 1. The molecule has 0 fully saturated rings. The molecule has 20 heavy (non-hydrogen) atoms. The van der Waals surface area contributed by atoms with Crippen molar-refractivity contribution in [3.8, 4) is 0 Å². The number of amides is 3.